The van der Waals surface area contributed by atoms with E-state index in [-0.39, 0.29) is 5.84 Å². The minimum atomic E-state index is -0.119. The molecule has 0 unspecified atom stereocenters. The van der Waals surface area contributed by atoms with E-state index in [1.165, 1.54) is 12.4 Å². The fourth-order valence-electron chi connectivity index (χ4n) is 0.979. The number of nitrogens with two attached hydrogens (primary N) is 1. The van der Waals surface area contributed by atoms with Crippen LogP contribution < -0.4 is 10.5 Å². The van der Waals surface area contributed by atoms with Crippen LogP contribution in [0.4, 0.5) is 0 Å². The number of nitrogen functional groups attached to an aromatic ring is 1. The normalized spacial score (nSPS) is 10.2. The Morgan fingerprint density at radius 2 is 2.00 bits per heavy atom. The highest BCUT2D eigenvalue weighted by Gasteiger charge is 2.00. The molecule has 0 radical (unpaired) electrons. The molecule has 7 nitrogen and oxygen atoms in total. The van der Waals surface area contributed by atoms with E-state index in [0.29, 0.717) is 38.0 Å². The summed E-state index contributed by atoms with van der Waals surface area (Å²) in [5.41, 5.74) is 5.57. The van der Waals surface area contributed by atoms with Crippen molar-refractivity contribution in [3.8, 4) is 5.88 Å². The summed E-state index contributed by atoms with van der Waals surface area (Å²) in [5, 5.41) is 7.14. The molecule has 0 saturated heterocycles. The molecule has 1 aromatic rings. The Morgan fingerprint density at radius 1 is 1.24 bits per heavy atom. The van der Waals surface area contributed by atoms with E-state index >= 15 is 0 Å². The molecular formula is C10H16N4O3. The van der Waals surface area contributed by atoms with Gasteiger partial charge in [-0.1, -0.05) is 0 Å². The summed E-state index contributed by atoms with van der Waals surface area (Å²) in [7, 11) is 1.62. The second kappa shape index (κ2) is 7.53. The van der Waals surface area contributed by atoms with E-state index in [1.807, 2.05) is 0 Å². The van der Waals surface area contributed by atoms with Crippen LogP contribution in [0, 0.1) is 5.41 Å². The number of ether oxygens (including phenoxy) is 3. The van der Waals surface area contributed by atoms with E-state index < -0.39 is 0 Å². The highest BCUT2D eigenvalue weighted by atomic mass is 16.5. The average molecular weight is 240 g/mol. The van der Waals surface area contributed by atoms with Gasteiger partial charge in [0, 0.05) is 7.11 Å². The first-order chi connectivity index (χ1) is 8.24. The van der Waals surface area contributed by atoms with E-state index in [1.54, 1.807) is 7.11 Å². The maximum Gasteiger partial charge on any atom is 0.232 e. The van der Waals surface area contributed by atoms with Crippen molar-refractivity contribution >= 4 is 5.84 Å². The van der Waals surface area contributed by atoms with E-state index in [4.69, 9.17) is 25.4 Å². The van der Waals surface area contributed by atoms with Gasteiger partial charge in [0.05, 0.1) is 32.2 Å². The molecular weight excluding hydrogens is 224 g/mol. The lowest BCUT2D eigenvalue weighted by Gasteiger charge is -2.06. The molecule has 0 aliphatic rings. The molecule has 1 aromatic heterocycles. The molecule has 0 saturated carbocycles. The highest BCUT2D eigenvalue weighted by Crippen LogP contribution is 2.03. The Kier molecular flexibility index (Phi) is 5.91. The van der Waals surface area contributed by atoms with Crippen molar-refractivity contribution in [2.45, 2.75) is 0 Å². The Hall–Kier alpha value is -1.73. The molecule has 0 aliphatic heterocycles. The van der Waals surface area contributed by atoms with Gasteiger partial charge in [-0.2, -0.15) is 0 Å². The van der Waals surface area contributed by atoms with Gasteiger partial charge in [0.15, 0.2) is 0 Å². The first kappa shape index (κ1) is 13.3. The summed E-state index contributed by atoms with van der Waals surface area (Å²) in [6.45, 7) is 1.94. The Balaban J connectivity index is 2.21. The molecule has 0 spiro atoms. The predicted molar refractivity (Wildman–Crippen MR) is 61.2 cm³/mol. The fraction of sp³-hybridized carbons (Fsp3) is 0.500. The van der Waals surface area contributed by atoms with E-state index in [2.05, 4.69) is 9.97 Å². The zero-order valence-electron chi connectivity index (χ0n) is 9.68. The summed E-state index contributed by atoms with van der Waals surface area (Å²) >= 11 is 0. The number of nitrogens with one attached hydrogen (secondary N) is 1. The molecule has 0 aromatic carbocycles. The van der Waals surface area contributed by atoms with Gasteiger partial charge in [0.2, 0.25) is 5.88 Å². The number of hydrogen-bond acceptors (Lipinski definition) is 6. The van der Waals surface area contributed by atoms with Crippen LogP contribution >= 0.6 is 0 Å². The van der Waals surface area contributed by atoms with Crippen LogP contribution in [0.1, 0.15) is 5.69 Å². The monoisotopic (exact) mass is 240 g/mol. The molecule has 0 bridgehead atoms. The van der Waals surface area contributed by atoms with Crippen molar-refractivity contribution in [3.63, 3.8) is 0 Å². The number of rotatable bonds is 8. The number of hydrogen-bond donors (Lipinski definition) is 2. The second-order valence-corrected chi connectivity index (χ2v) is 3.11. The van der Waals surface area contributed by atoms with Crippen LogP contribution in [0.3, 0.4) is 0 Å². The van der Waals surface area contributed by atoms with E-state index in [9.17, 15) is 0 Å². The van der Waals surface area contributed by atoms with Crippen molar-refractivity contribution in [1.29, 1.82) is 5.41 Å². The number of amidine groups is 1. The maximum absolute atomic E-state index is 7.14. The highest BCUT2D eigenvalue weighted by molar-refractivity contribution is 5.92. The summed E-state index contributed by atoms with van der Waals surface area (Å²) in [6.07, 6.45) is 2.81. The van der Waals surface area contributed by atoms with Crippen LogP contribution in [0.2, 0.25) is 0 Å². The molecule has 17 heavy (non-hydrogen) atoms. The molecule has 0 amide bonds. The Bertz CT molecular complexity index is 342. The van der Waals surface area contributed by atoms with Gasteiger partial charge in [-0.15, -0.1) is 0 Å². The molecule has 1 rings (SSSR count). The van der Waals surface area contributed by atoms with Gasteiger partial charge in [-0.25, -0.2) is 9.97 Å². The summed E-state index contributed by atoms with van der Waals surface area (Å²) in [4.78, 5) is 7.86. The van der Waals surface area contributed by atoms with Gasteiger partial charge in [0.1, 0.15) is 18.1 Å². The second-order valence-electron chi connectivity index (χ2n) is 3.11. The third kappa shape index (κ3) is 5.23. The van der Waals surface area contributed by atoms with E-state index in [0.717, 1.165) is 0 Å². The number of aromatic nitrogens is 2. The van der Waals surface area contributed by atoms with Gasteiger partial charge >= 0.3 is 0 Å². The predicted octanol–water partition coefficient (Wildman–Crippen LogP) is -0.198. The van der Waals surface area contributed by atoms with Crippen LogP contribution in [0.25, 0.3) is 0 Å². The molecule has 3 N–H and O–H groups in total. The number of methoxy groups -OCH3 is 1. The molecule has 0 atom stereocenters. The molecule has 7 heteroatoms. The van der Waals surface area contributed by atoms with Crippen LogP contribution in [0.15, 0.2) is 12.4 Å². The molecule has 94 valence electrons. The minimum Gasteiger partial charge on any atom is -0.474 e. The lowest BCUT2D eigenvalue weighted by Crippen LogP contribution is -2.14. The van der Waals surface area contributed by atoms with Gasteiger partial charge < -0.3 is 19.9 Å². The molecule has 0 fully saturated rings. The Labute approximate surface area is 99.4 Å². The van der Waals surface area contributed by atoms with Crippen molar-refractivity contribution in [2.75, 3.05) is 33.5 Å². The first-order valence-corrected chi connectivity index (χ1v) is 5.10. The van der Waals surface area contributed by atoms with Gasteiger partial charge in [-0.3, -0.25) is 5.41 Å². The van der Waals surface area contributed by atoms with Crippen LogP contribution in [-0.2, 0) is 9.47 Å². The quantitative estimate of drug-likeness (QED) is 0.370. The minimum absolute atomic E-state index is 0.119. The largest absolute Gasteiger partial charge is 0.474 e. The van der Waals surface area contributed by atoms with Crippen molar-refractivity contribution in [3.05, 3.63) is 18.1 Å². The summed E-state index contributed by atoms with van der Waals surface area (Å²) < 4.78 is 15.3. The maximum atomic E-state index is 7.14. The lowest BCUT2D eigenvalue weighted by atomic mass is 10.4. The number of nitrogens with zero attached hydrogens (tertiary/aromatic N) is 2. The smallest absolute Gasteiger partial charge is 0.232 e. The zero-order valence-corrected chi connectivity index (χ0v) is 9.68. The third-order valence-corrected chi connectivity index (χ3v) is 1.81. The summed E-state index contributed by atoms with van der Waals surface area (Å²) in [5.74, 6) is 0.261. The van der Waals surface area contributed by atoms with Crippen molar-refractivity contribution < 1.29 is 14.2 Å². The van der Waals surface area contributed by atoms with Crippen LogP contribution in [0.5, 0.6) is 5.88 Å². The van der Waals surface area contributed by atoms with Crippen molar-refractivity contribution in [2.24, 2.45) is 5.73 Å². The fourth-order valence-corrected chi connectivity index (χ4v) is 0.979. The molecule has 0 aliphatic carbocycles. The van der Waals surface area contributed by atoms with Crippen LogP contribution in [-0.4, -0.2) is 49.3 Å². The lowest BCUT2D eigenvalue weighted by molar-refractivity contribution is 0.0536. The zero-order chi connectivity index (χ0) is 12.5. The average Bonchev–Trinajstić information content (AvgIpc) is 2.34. The van der Waals surface area contributed by atoms with Gasteiger partial charge in [-0.05, 0) is 0 Å². The van der Waals surface area contributed by atoms with Gasteiger partial charge in [0.25, 0.3) is 0 Å². The third-order valence-electron chi connectivity index (χ3n) is 1.81. The van der Waals surface area contributed by atoms with Crippen molar-refractivity contribution in [1.82, 2.24) is 9.97 Å². The first-order valence-electron chi connectivity index (χ1n) is 5.10. The topological polar surface area (TPSA) is 103 Å². The SMILES string of the molecule is COCCOCCOc1cnc(C(=N)N)cn1. The molecule has 1 heterocycles. The summed E-state index contributed by atoms with van der Waals surface area (Å²) in [6, 6.07) is 0. The standard InChI is InChI=1S/C10H16N4O3/c1-15-2-3-16-4-5-17-9-7-13-8(6-14-9)10(11)12/h6-7H,2-5H2,1H3,(H3,11,12). The Morgan fingerprint density at radius 3 is 2.59 bits per heavy atom.